The van der Waals surface area contributed by atoms with E-state index >= 15 is 0 Å². The van der Waals surface area contributed by atoms with Gasteiger partial charge in [-0.1, -0.05) is 6.92 Å². The molecule has 1 aromatic rings. The molecule has 3 atom stereocenters. The summed E-state index contributed by atoms with van der Waals surface area (Å²) in [5.41, 5.74) is 6.13. The highest BCUT2D eigenvalue weighted by Gasteiger charge is 2.32. The number of ether oxygens (including phenoxy) is 1. The van der Waals surface area contributed by atoms with Crippen molar-refractivity contribution in [3.63, 3.8) is 0 Å². The van der Waals surface area contributed by atoms with Crippen molar-refractivity contribution >= 4 is 0 Å². The first-order chi connectivity index (χ1) is 6.70. The summed E-state index contributed by atoms with van der Waals surface area (Å²) in [7, 11) is 1.96. The third-order valence-corrected chi connectivity index (χ3v) is 2.95. The fraction of sp³-hybridized carbons (Fsp3) is 0.700. The molecule has 3 unspecified atom stereocenters. The largest absolute Gasteiger partial charge is 0.376 e. The van der Waals surface area contributed by atoms with Gasteiger partial charge in [-0.05, 0) is 12.3 Å². The van der Waals surface area contributed by atoms with Gasteiger partial charge in [0.05, 0.1) is 12.1 Å². The third-order valence-electron chi connectivity index (χ3n) is 2.95. The summed E-state index contributed by atoms with van der Waals surface area (Å²) >= 11 is 0. The van der Waals surface area contributed by atoms with E-state index in [1.54, 1.807) is 6.20 Å². The van der Waals surface area contributed by atoms with E-state index in [4.69, 9.17) is 10.5 Å². The molecule has 0 amide bonds. The molecule has 2 rings (SSSR count). The van der Waals surface area contributed by atoms with Crippen LogP contribution in [0.5, 0.6) is 0 Å². The SMILES string of the molecule is CC1CCOC1C(N)c1nccn1C. The highest BCUT2D eigenvalue weighted by molar-refractivity contribution is 5.02. The van der Waals surface area contributed by atoms with Crippen molar-refractivity contribution in [2.75, 3.05) is 6.61 Å². The van der Waals surface area contributed by atoms with Crippen LogP contribution in [-0.4, -0.2) is 22.3 Å². The van der Waals surface area contributed by atoms with Crippen LogP contribution in [0.4, 0.5) is 0 Å². The molecule has 1 aliphatic rings. The van der Waals surface area contributed by atoms with Gasteiger partial charge in [0.25, 0.3) is 0 Å². The molecule has 1 saturated heterocycles. The Balaban J connectivity index is 2.15. The Hall–Kier alpha value is -0.870. The van der Waals surface area contributed by atoms with Gasteiger partial charge < -0.3 is 15.0 Å². The third kappa shape index (κ3) is 1.55. The Morgan fingerprint density at radius 3 is 3.00 bits per heavy atom. The monoisotopic (exact) mass is 195 g/mol. The molecular formula is C10H17N3O. The number of aromatic nitrogens is 2. The van der Waals surface area contributed by atoms with Gasteiger partial charge in [0.15, 0.2) is 0 Å². The van der Waals surface area contributed by atoms with Crippen molar-refractivity contribution in [2.45, 2.75) is 25.5 Å². The van der Waals surface area contributed by atoms with Gasteiger partial charge >= 0.3 is 0 Å². The first-order valence-electron chi connectivity index (χ1n) is 5.04. The van der Waals surface area contributed by atoms with Crippen LogP contribution in [0.1, 0.15) is 25.2 Å². The molecule has 78 valence electrons. The molecule has 0 saturated carbocycles. The van der Waals surface area contributed by atoms with E-state index in [1.165, 1.54) is 0 Å². The Kier molecular flexibility index (Phi) is 2.56. The number of hydrogen-bond donors (Lipinski definition) is 1. The van der Waals surface area contributed by atoms with Gasteiger partial charge in [0, 0.05) is 26.0 Å². The lowest BCUT2D eigenvalue weighted by molar-refractivity contribution is 0.0694. The van der Waals surface area contributed by atoms with Crippen molar-refractivity contribution in [3.05, 3.63) is 18.2 Å². The topological polar surface area (TPSA) is 53.1 Å². The molecule has 14 heavy (non-hydrogen) atoms. The molecule has 0 aliphatic carbocycles. The summed E-state index contributed by atoms with van der Waals surface area (Å²) in [6.07, 6.45) is 4.91. The van der Waals surface area contributed by atoms with Crippen molar-refractivity contribution < 1.29 is 4.74 Å². The van der Waals surface area contributed by atoms with Crippen LogP contribution in [-0.2, 0) is 11.8 Å². The fourth-order valence-electron chi connectivity index (χ4n) is 2.02. The average Bonchev–Trinajstić information content (AvgIpc) is 2.73. The van der Waals surface area contributed by atoms with Crippen LogP contribution in [0.15, 0.2) is 12.4 Å². The van der Waals surface area contributed by atoms with Crippen molar-refractivity contribution in [3.8, 4) is 0 Å². The molecule has 1 aromatic heterocycles. The lowest BCUT2D eigenvalue weighted by atomic mass is 9.98. The van der Waals surface area contributed by atoms with E-state index in [0.717, 1.165) is 18.9 Å². The highest BCUT2D eigenvalue weighted by atomic mass is 16.5. The van der Waals surface area contributed by atoms with Crippen LogP contribution in [0.25, 0.3) is 0 Å². The maximum Gasteiger partial charge on any atom is 0.128 e. The number of nitrogens with zero attached hydrogens (tertiary/aromatic N) is 2. The summed E-state index contributed by atoms with van der Waals surface area (Å²) in [5, 5.41) is 0. The van der Waals surface area contributed by atoms with Gasteiger partial charge in [0.1, 0.15) is 5.82 Å². The minimum absolute atomic E-state index is 0.104. The van der Waals surface area contributed by atoms with Crippen LogP contribution in [0, 0.1) is 5.92 Å². The quantitative estimate of drug-likeness (QED) is 0.761. The van der Waals surface area contributed by atoms with Gasteiger partial charge in [0.2, 0.25) is 0 Å². The van der Waals surface area contributed by atoms with Gasteiger partial charge in [-0.3, -0.25) is 0 Å². The van der Waals surface area contributed by atoms with Crippen molar-refractivity contribution in [2.24, 2.45) is 18.7 Å². The standard InChI is InChI=1S/C10H17N3O/c1-7-3-6-14-9(7)8(11)10-12-4-5-13(10)2/h4-5,7-9H,3,6,11H2,1-2H3. The summed E-state index contributed by atoms with van der Waals surface area (Å²) < 4.78 is 7.58. The Morgan fingerprint density at radius 1 is 1.71 bits per heavy atom. The summed E-state index contributed by atoms with van der Waals surface area (Å²) in [6, 6.07) is -0.104. The number of imidazole rings is 1. The summed E-state index contributed by atoms with van der Waals surface area (Å²) in [6.45, 7) is 3.00. The minimum atomic E-state index is -0.104. The highest BCUT2D eigenvalue weighted by Crippen LogP contribution is 2.28. The smallest absolute Gasteiger partial charge is 0.128 e. The fourth-order valence-corrected chi connectivity index (χ4v) is 2.02. The molecule has 0 spiro atoms. The minimum Gasteiger partial charge on any atom is -0.376 e. The van der Waals surface area contributed by atoms with E-state index in [0.29, 0.717) is 5.92 Å². The molecule has 0 bridgehead atoms. The number of nitrogens with two attached hydrogens (primary N) is 1. The molecule has 1 fully saturated rings. The number of aryl methyl sites for hydroxylation is 1. The lowest BCUT2D eigenvalue weighted by Crippen LogP contribution is -2.31. The van der Waals surface area contributed by atoms with E-state index < -0.39 is 0 Å². The summed E-state index contributed by atoms with van der Waals surface area (Å²) in [5.74, 6) is 1.44. The molecule has 2 heterocycles. The normalized spacial score (nSPS) is 29.4. The van der Waals surface area contributed by atoms with E-state index in [9.17, 15) is 0 Å². The maximum absolute atomic E-state index is 6.13. The van der Waals surface area contributed by atoms with Crippen LogP contribution in [0.3, 0.4) is 0 Å². The zero-order valence-electron chi connectivity index (χ0n) is 8.68. The zero-order valence-corrected chi connectivity index (χ0v) is 8.68. The van der Waals surface area contributed by atoms with Crippen LogP contribution < -0.4 is 5.73 Å². The predicted molar refractivity (Wildman–Crippen MR) is 53.7 cm³/mol. The van der Waals surface area contributed by atoms with E-state index in [2.05, 4.69) is 11.9 Å². The van der Waals surface area contributed by atoms with E-state index in [-0.39, 0.29) is 12.1 Å². The Bertz CT molecular complexity index is 310. The Labute approximate surface area is 84.1 Å². The number of rotatable bonds is 2. The second kappa shape index (κ2) is 3.71. The molecule has 4 nitrogen and oxygen atoms in total. The Morgan fingerprint density at radius 2 is 2.50 bits per heavy atom. The molecule has 2 N–H and O–H groups in total. The van der Waals surface area contributed by atoms with Crippen molar-refractivity contribution in [1.82, 2.24) is 9.55 Å². The van der Waals surface area contributed by atoms with Gasteiger partial charge in [-0.15, -0.1) is 0 Å². The van der Waals surface area contributed by atoms with Crippen LogP contribution >= 0.6 is 0 Å². The lowest BCUT2D eigenvalue weighted by Gasteiger charge is -2.21. The molecule has 0 aromatic carbocycles. The van der Waals surface area contributed by atoms with Gasteiger partial charge in [-0.2, -0.15) is 0 Å². The average molecular weight is 195 g/mol. The maximum atomic E-state index is 6.13. The summed E-state index contributed by atoms with van der Waals surface area (Å²) in [4.78, 5) is 4.25. The predicted octanol–water partition coefficient (Wildman–Crippen LogP) is 0.845. The molecule has 1 aliphatic heterocycles. The van der Waals surface area contributed by atoms with Crippen LogP contribution in [0.2, 0.25) is 0 Å². The first kappa shape index (κ1) is 9.68. The molecular weight excluding hydrogens is 178 g/mol. The molecule has 0 radical (unpaired) electrons. The van der Waals surface area contributed by atoms with Crippen molar-refractivity contribution in [1.29, 1.82) is 0 Å². The molecule has 4 heteroatoms. The zero-order chi connectivity index (χ0) is 10.1. The van der Waals surface area contributed by atoms with E-state index in [1.807, 2.05) is 17.8 Å². The first-order valence-corrected chi connectivity index (χ1v) is 5.04. The second-order valence-electron chi connectivity index (χ2n) is 4.02. The van der Waals surface area contributed by atoms with Gasteiger partial charge in [-0.25, -0.2) is 4.98 Å². The number of hydrogen-bond acceptors (Lipinski definition) is 3. The second-order valence-corrected chi connectivity index (χ2v) is 4.02.